The molecule has 0 bridgehead atoms. The van der Waals surface area contributed by atoms with Crippen molar-refractivity contribution in [3.05, 3.63) is 71.3 Å². The van der Waals surface area contributed by atoms with Crippen LogP contribution in [0.1, 0.15) is 16.7 Å². The Kier molecular flexibility index (Phi) is 4.91. The largest absolute Gasteiger partial charge is 0.459 e. The van der Waals surface area contributed by atoms with Gasteiger partial charge in [0.2, 0.25) is 0 Å². The van der Waals surface area contributed by atoms with E-state index in [1.54, 1.807) is 0 Å². The van der Waals surface area contributed by atoms with Gasteiger partial charge in [-0.15, -0.1) is 0 Å². The van der Waals surface area contributed by atoms with E-state index in [9.17, 15) is 9.90 Å². The number of aliphatic hydroxyl groups excluding tert-OH is 1. The third kappa shape index (κ3) is 4.21. The Labute approximate surface area is 118 Å². The smallest absolute Gasteiger partial charge is 0.335 e. The summed E-state index contributed by atoms with van der Waals surface area (Å²) in [6.45, 7) is 2.18. The highest BCUT2D eigenvalue weighted by Gasteiger charge is 2.17. The third-order valence-corrected chi connectivity index (χ3v) is 3.05. The molecule has 0 saturated heterocycles. The maximum Gasteiger partial charge on any atom is 0.335 e. The number of carbonyl (C=O) groups excluding carboxylic acids is 1. The van der Waals surface area contributed by atoms with Crippen molar-refractivity contribution >= 4 is 5.97 Å². The molecule has 0 aromatic heterocycles. The molecule has 0 spiro atoms. The van der Waals surface area contributed by atoms with Crippen LogP contribution in [0.2, 0.25) is 0 Å². The van der Waals surface area contributed by atoms with Crippen LogP contribution in [0.5, 0.6) is 0 Å². The molecule has 0 fully saturated rings. The van der Waals surface area contributed by atoms with Crippen molar-refractivity contribution in [3.8, 4) is 0 Å². The second-order valence-corrected chi connectivity index (χ2v) is 4.80. The van der Waals surface area contributed by atoms with Crippen LogP contribution in [0.3, 0.4) is 0 Å². The molecule has 1 atom stereocenters. The van der Waals surface area contributed by atoms with Crippen LogP contribution in [0.15, 0.2) is 54.6 Å². The fourth-order valence-electron chi connectivity index (χ4n) is 1.86. The fourth-order valence-corrected chi connectivity index (χ4v) is 1.86. The van der Waals surface area contributed by atoms with E-state index in [4.69, 9.17) is 4.74 Å². The minimum Gasteiger partial charge on any atom is -0.459 e. The summed E-state index contributed by atoms with van der Waals surface area (Å²) in [5.41, 5.74) is 2.97. The van der Waals surface area contributed by atoms with Gasteiger partial charge in [0.15, 0.2) is 6.10 Å². The monoisotopic (exact) mass is 270 g/mol. The molecule has 0 radical (unpaired) electrons. The lowest BCUT2D eigenvalue weighted by Crippen LogP contribution is -2.25. The lowest BCUT2D eigenvalue weighted by Gasteiger charge is -2.11. The predicted molar refractivity (Wildman–Crippen MR) is 77.1 cm³/mol. The topological polar surface area (TPSA) is 46.5 Å². The molecule has 3 nitrogen and oxygen atoms in total. The number of esters is 1. The number of aliphatic hydroxyl groups is 1. The number of aryl methyl sites for hydroxylation is 1. The van der Waals surface area contributed by atoms with Crippen molar-refractivity contribution in [1.82, 2.24) is 0 Å². The molecule has 0 aliphatic heterocycles. The van der Waals surface area contributed by atoms with Gasteiger partial charge in [-0.1, -0.05) is 60.2 Å². The highest BCUT2D eigenvalue weighted by molar-refractivity contribution is 5.74. The van der Waals surface area contributed by atoms with Gasteiger partial charge in [-0.05, 0) is 18.1 Å². The van der Waals surface area contributed by atoms with Crippen LogP contribution < -0.4 is 0 Å². The Bertz CT molecular complexity index is 546. The average molecular weight is 270 g/mol. The van der Waals surface area contributed by atoms with Crippen LogP contribution in [-0.2, 0) is 22.6 Å². The molecule has 104 valence electrons. The second-order valence-electron chi connectivity index (χ2n) is 4.80. The molecule has 2 rings (SSSR count). The van der Waals surface area contributed by atoms with Crippen LogP contribution in [-0.4, -0.2) is 17.2 Å². The molecule has 0 saturated carbocycles. The molecular weight excluding hydrogens is 252 g/mol. The summed E-state index contributed by atoms with van der Waals surface area (Å²) in [5.74, 6) is -0.588. The maximum atomic E-state index is 11.7. The minimum atomic E-state index is -1.12. The Morgan fingerprint density at radius 1 is 1.05 bits per heavy atom. The zero-order chi connectivity index (χ0) is 14.4. The van der Waals surface area contributed by atoms with E-state index in [1.165, 1.54) is 0 Å². The molecule has 0 amide bonds. The quantitative estimate of drug-likeness (QED) is 0.850. The zero-order valence-corrected chi connectivity index (χ0v) is 11.5. The fraction of sp³-hybridized carbons (Fsp3) is 0.235. The van der Waals surface area contributed by atoms with Gasteiger partial charge in [0.25, 0.3) is 0 Å². The summed E-state index contributed by atoms with van der Waals surface area (Å²) in [6.07, 6.45) is -0.852. The van der Waals surface area contributed by atoms with Crippen LogP contribution in [0.25, 0.3) is 0 Å². The van der Waals surface area contributed by atoms with Gasteiger partial charge in [0, 0.05) is 6.42 Å². The van der Waals surface area contributed by atoms with E-state index in [0.29, 0.717) is 0 Å². The number of rotatable bonds is 5. The molecule has 20 heavy (non-hydrogen) atoms. The van der Waals surface area contributed by atoms with E-state index in [1.807, 2.05) is 61.5 Å². The molecule has 0 unspecified atom stereocenters. The molecule has 2 aromatic rings. The van der Waals surface area contributed by atoms with E-state index in [-0.39, 0.29) is 13.0 Å². The number of benzene rings is 2. The maximum absolute atomic E-state index is 11.7. The Morgan fingerprint density at radius 2 is 1.70 bits per heavy atom. The summed E-state index contributed by atoms with van der Waals surface area (Å²) in [4.78, 5) is 11.7. The zero-order valence-electron chi connectivity index (χ0n) is 11.5. The molecule has 3 heteroatoms. The summed E-state index contributed by atoms with van der Waals surface area (Å²) >= 11 is 0. The number of hydrogen-bond donors (Lipinski definition) is 1. The summed E-state index contributed by atoms with van der Waals surface area (Å²) in [5, 5.41) is 9.84. The van der Waals surface area contributed by atoms with Crippen molar-refractivity contribution in [2.24, 2.45) is 0 Å². The molecule has 0 aliphatic rings. The first-order valence-corrected chi connectivity index (χ1v) is 6.59. The lowest BCUT2D eigenvalue weighted by atomic mass is 10.1. The summed E-state index contributed by atoms with van der Waals surface area (Å²) < 4.78 is 5.10. The van der Waals surface area contributed by atoms with Crippen LogP contribution in [0.4, 0.5) is 0 Å². The van der Waals surface area contributed by atoms with Crippen molar-refractivity contribution in [2.75, 3.05) is 0 Å². The van der Waals surface area contributed by atoms with Gasteiger partial charge < -0.3 is 9.84 Å². The summed E-state index contributed by atoms with van der Waals surface area (Å²) in [7, 11) is 0. The Hall–Kier alpha value is -2.13. The third-order valence-electron chi connectivity index (χ3n) is 3.05. The van der Waals surface area contributed by atoms with Gasteiger partial charge in [0.05, 0.1) is 0 Å². The van der Waals surface area contributed by atoms with Crippen molar-refractivity contribution in [1.29, 1.82) is 0 Å². The second kappa shape index (κ2) is 6.87. The molecular formula is C17H18O3. The first-order valence-electron chi connectivity index (χ1n) is 6.59. The highest BCUT2D eigenvalue weighted by Crippen LogP contribution is 2.08. The SMILES string of the molecule is Cc1ccc(C[C@H](O)C(=O)OCc2ccccc2)cc1. The first-order chi connectivity index (χ1) is 9.65. The molecule has 2 aromatic carbocycles. The summed E-state index contributed by atoms with van der Waals surface area (Å²) in [6, 6.07) is 17.1. The van der Waals surface area contributed by atoms with E-state index in [2.05, 4.69) is 0 Å². The predicted octanol–water partition coefficient (Wildman–Crippen LogP) is 2.64. The average Bonchev–Trinajstić information content (AvgIpc) is 2.48. The van der Waals surface area contributed by atoms with E-state index >= 15 is 0 Å². The van der Waals surface area contributed by atoms with Crippen LogP contribution >= 0.6 is 0 Å². The standard InChI is InChI=1S/C17H18O3/c1-13-7-9-14(10-8-13)11-16(18)17(19)20-12-15-5-3-2-4-6-15/h2-10,16,18H,11-12H2,1H3/t16-/m0/s1. The van der Waals surface area contributed by atoms with E-state index in [0.717, 1.165) is 16.7 Å². The highest BCUT2D eigenvalue weighted by atomic mass is 16.5. The van der Waals surface area contributed by atoms with Gasteiger partial charge in [-0.3, -0.25) is 0 Å². The minimum absolute atomic E-state index is 0.185. The van der Waals surface area contributed by atoms with Gasteiger partial charge in [0.1, 0.15) is 6.61 Å². The van der Waals surface area contributed by atoms with Crippen molar-refractivity contribution < 1.29 is 14.6 Å². The lowest BCUT2D eigenvalue weighted by molar-refractivity contribution is -0.154. The molecule has 1 N–H and O–H groups in total. The van der Waals surface area contributed by atoms with Gasteiger partial charge in [-0.2, -0.15) is 0 Å². The molecule has 0 heterocycles. The van der Waals surface area contributed by atoms with Gasteiger partial charge in [-0.25, -0.2) is 4.79 Å². The Balaban J connectivity index is 1.84. The van der Waals surface area contributed by atoms with E-state index < -0.39 is 12.1 Å². The Morgan fingerprint density at radius 3 is 2.35 bits per heavy atom. The molecule has 0 aliphatic carbocycles. The number of carbonyl (C=O) groups is 1. The van der Waals surface area contributed by atoms with Gasteiger partial charge >= 0.3 is 5.97 Å². The van der Waals surface area contributed by atoms with Crippen LogP contribution in [0, 0.1) is 6.92 Å². The number of hydrogen-bond acceptors (Lipinski definition) is 3. The number of ether oxygens (including phenoxy) is 1. The van der Waals surface area contributed by atoms with Crippen molar-refractivity contribution in [3.63, 3.8) is 0 Å². The normalized spacial score (nSPS) is 11.9. The first kappa shape index (κ1) is 14.3. The van der Waals surface area contributed by atoms with Crippen molar-refractivity contribution in [2.45, 2.75) is 26.1 Å².